The molecule has 2 aromatic carbocycles. The number of hydrogen-bond donors (Lipinski definition) is 1. The molecule has 0 saturated carbocycles. The number of ether oxygens (including phenoxy) is 1. The highest BCUT2D eigenvalue weighted by Crippen LogP contribution is 2.24. The maximum Gasteiger partial charge on any atom is 0.251 e. The summed E-state index contributed by atoms with van der Waals surface area (Å²) in [7, 11) is -1.93. The van der Waals surface area contributed by atoms with Gasteiger partial charge in [-0.05, 0) is 37.6 Å². The number of nitrogens with one attached hydrogen (secondary N) is 1. The molecule has 0 saturated heterocycles. The van der Waals surface area contributed by atoms with Crippen molar-refractivity contribution in [2.24, 2.45) is 0 Å². The van der Waals surface area contributed by atoms with Crippen LogP contribution in [-0.4, -0.2) is 34.2 Å². The number of carbonyl (C=O) groups excluding carboxylic acids is 1. The normalized spacial score (nSPS) is 11.1. The van der Waals surface area contributed by atoms with Crippen LogP contribution in [0.25, 0.3) is 0 Å². The summed E-state index contributed by atoms with van der Waals surface area (Å²) in [6, 6.07) is 12.6. The molecule has 0 radical (unpaired) electrons. The van der Waals surface area contributed by atoms with Gasteiger partial charge >= 0.3 is 0 Å². The van der Waals surface area contributed by atoms with Gasteiger partial charge in [0.25, 0.3) is 5.91 Å². The number of anilines is 1. The first-order valence-corrected chi connectivity index (χ1v) is 10.1. The first kappa shape index (κ1) is 19.8. The number of carbonyl (C=O) groups is 1. The molecule has 1 amide bonds. The van der Waals surface area contributed by atoms with E-state index in [0.29, 0.717) is 30.0 Å². The van der Waals surface area contributed by atoms with Gasteiger partial charge in [-0.2, -0.15) is 0 Å². The minimum atomic E-state index is -3.40. The summed E-state index contributed by atoms with van der Waals surface area (Å²) in [6.45, 7) is 4.51. The molecule has 0 aliphatic rings. The molecule has 26 heavy (non-hydrogen) atoms. The fourth-order valence-corrected chi connectivity index (χ4v) is 3.16. The molecular formula is C19H24N2O4S. The zero-order chi connectivity index (χ0) is 19.3. The van der Waals surface area contributed by atoms with Gasteiger partial charge in [-0.1, -0.05) is 24.3 Å². The van der Waals surface area contributed by atoms with Gasteiger partial charge in [0, 0.05) is 24.7 Å². The fraction of sp³-hybridized carbons (Fsp3) is 0.316. The molecule has 1 N–H and O–H groups in total. The van der Waals surface area contributed by atoms with E-state index in [9.17, 15) is 13.2 Å². The van der Waals surface area contributed by atoms with Crippen LogP contribution in [0.2, 0.25) is 0 Å². The summed E-state index contributed by atoms with van der Waals surface area (Å²) in [5.41, 5.74) is 2.41. The lowest BCUT2D eigenvalue weighted by Gasteiger charge is -2.20. The van der Waals surface area contributed by atoms with E-state index in [0.717, 1.165) is 17.6 Å². The van der Waals surface area contributed by atoms with Crippen molar-refractivity contribution in [3.8, 4) is 5.75 Å². The predicted molar refractivity (Wildman–Crippen MR) is 103 cm³/mol. The van der Waals surface area contributed by atoms with Crippen LogP contribution in [0.1, 0.15) is 28.4 Å². The van der Waals surface area contributed by atoms with Gasteiger partial charge in [0.2, 0.25) is 10.0 Å². The highest BCUT2D eigenvalue weighted by atomic mass is 32.2. The Morgan fingerprint density at radius 3 is 2.50 bits per heavy atom. The van der Waals surface area contributed by atoms with E-state index in [4.69, 9.17) is 4.74 Å². The number of amides is 1. The van der Waals surface area contributed by atoms with Crippen LogP contribution in [0.4, 0.5) is 5.69 Å². The SMILES string of the molecule is CCOc1ccccc1CNC(=O)c1cccc(N(C)S(C)(=O)=O)c1C. The Labute approximate surface area is 154 Å². The maximum atomic E-state index is 12.6. The molecule has 0 aliphatic heterocycles. The second-order valence-electron chi connectivity index (χ2n) is 5.90. The first-order chi connectivity index (χ1) is 12.3. The number of hydrogen-bond acceptors (Lipinski definition) is 4. The Bertz CT molecular complexity index is 894. The zero-order valence-electron chi connectivity index (χ0n) is 15.4. The summed E-state index contributed by atoms with van der Waals surface area (Å²) < 4.78 is 30.3. The third-order valence-corrected chi connectivity index (χ3v) is 5.29. The molecule has 0 fully saturated rings. The monoisotopic (exact) mass is 376 g/mol. The second kappa shape index (κ2) is 8.23. The Balaban J connectivity index is 2.21. The van der Waals surface area contributed by atoms with Crippen LogP contribution in [-0.2, 0) is 16.6 Å². The quantitative estimate of drug-likeness (QED) is 0.806. The van der Waals surface area contributed by atoms with Gasteiger partial charge in [0.15, 0.2) is 0 Å². The zero-order valence-corrected chi connectivity index (χ0v) is 16.3. The van der Waals surface area contributed by atoms with Crippen LogP contribution in [0.5, 0.6) is 5.75 Å². The molecule has 0 aromatic heterocycles. The lowest BCUT2D eigenvalue weighted by atomic mass is 10.1. The molecular weight excluding hydrogens is 352 g/mol. The third kappa shape index (κ3) is 4.54. The molecule has 0 heterocycles. The van der Waals surface area contributed by atoms with Gasteiger partial charge in [0.1, 0.15) is 5.75 Å². The minimum Gasteiger partial charge on any atom is -0.494 e. The largest absolute Gasteiger partial charge is 0.494 e. The number of para-hydroxylation sites is 1. The van der Waals surface area contributed by atoms with Crippen LogP contribution < -0.4 is 14.4 Å². The average Bonchev–Trinajstić information content (AvgIpc) is 2.60. The molecule has 0 spiro atoms. The van der Waals surface area contributed by atoms with Crippen molar-refractivity contribution in [3.05, 3.63) is 59.2 Å². The summed E-state index contributed by atoms with van der Waals surface area (Å²) in [4.78, 5) is 12.6. The predicted octanol–water partition coefficient (Wildman–Crippen LogP) is 2.72. The van der Waals surface area contributed by atoms with Crippen molar-refractivity contribution < 1.29 is 17.9 Å². The van der Waals surface area contributed by atoms with Gasteiger partial charge in [-0.15, -0.1) is 0 Å². The maximum absolute atomic E-state index is 12.6. The average molecular weight is 376 g/mol. The van der Waals surface area contributed by atoms with Crippen LogP contribution in [0.3, 0.4) is 0 Å². The Morgan fingerprint density at radius 2 is 1.85 bits per heavy atom. The molecule has 0 aliphatic carbocycles. The van der Waals surface area contributed by atoms with Gasteiger partial charge < -0.3 is 10.1 Å². The highest BCUT2D eigenvalue weighted by molar-refractivity contribution is 7.92. The number of rotatable bonds is 7. The van der Waals surface area contributed by atoms with Gasteiger partial charge in [-0.3, -0.25) is 9.10 Å². The van der Waals surface area contributed by atoms with E-state index in [1.54, 1.807) is 25.1 Å². The lowest BCUT2D eigenvalue weighted by Crippen LogP contribution is -2.28. The number of benzene rings is 2. The van der Waals surface area contributed by atoms with Crippen LogP contribution >= 0.6 is 0 Å². The van der Waals surface area contributed by atoms with Gasteiger partial charge in [0.05, 0.1) is 18.6 Å². The Hall–Kier alpha value is -2.54. The number of nitrogens with zero attached hydrogens (tertiary/aromatic N) is 1. The van der Waals surface area contributed by atoms with Gasteiger partial charge in [-0.25, -0.2) is 8.42 Å². The summed E-state index contributed by atoms with van der Waals surface area (Å²) in [5.74, 6) is 0.468. The summed E-state index contributed by atoms with van der Waals surface area (Å²) in [6.07, 6.45) is 1.13. The van der Waals surface area contributed by atoms with Crippen LogP contribution in [0, 0.1) is 6.92 Å². The van der Waals surface area contributed by atoms with E-state index in [1.807, 2.05) is 31.2 Å². The molecule has 7 heteroatoms. The summed E-state index contributed by atoms with van der Waals surface area (Å²) in [5, 5.41) is 2.87. The van der Waals surface area contributed by atoms with Crippen molar-refractivity contribution in [1.82, 2.24) is 5.32 Å². The van der Waals surface area contributed by atoms with E-state index in [1.165, 1.54) is 11.4 Å². The molecule has 0 atom stereocenters. The topological polar surface area (TPSA) is 75.7 Å². The lowest BCUT2D eigenvalue weighted by molar-refractivity contribution is 0.0950. The molecule has 2 rings (SSSR count). The van der Waals surface area contributed by atoms with E-state index in [-0.39, 0.29) is 5.91 Å². The van der Waals surface area contributed by atoms with Crippen molar-refractivity contribution >= 4 is 21.6 Å². The standard InChI is InChI=1S/C19H24N2O4S/c1-5-25-18-12-7-6-9-15(18)13-20-19(22)16-10-8-11-17(14(16)2)21(3)26(4,23)24/h6-12H,5,13H2,1-4H3,(H,20,22). The van der Waals surface area contributed by atoms with Crippen LogP contribution in [0.15, 0.2) is 42.5 Å². The van der Waals surface area contributed by atoms with E-state index < -0.39 is 10.0 Å². The second-order valence-corrected chi connectivity index (χ2v) is 7.92. The molecule has 0 unspecified atom stereocenters. The third-order valence-electron chi connectivity index (χ3n) is 4.10. The smallest absolute Gasteiger partial charge is 0.251 e. The van der Waals surface area contributed by atoms with E-state index >= 15 is 0 Å². The molecule has 0 bridgehead atoms. The van der Waals surface area contributed by atoms with Crippen molar-refractivity contribution in [3.63, 3.8) is 0 Å². The molecule has 6 nitrogen and oxygen atoms in total. The highest BCUT2D eigenvalue weighted by Gasteiger charge is 2.18. The van der Waals surface area contributed by atoms with Crippen molar-refractivity contribution in [2.75, 3.05) is 24.2 Å². The fourth-order valence-electron chi connectivity index (χ4n) is 2.61. The summed E-state index contributed by atoms with van der Waals surface area (Å²) >= 11 is 0. The van der Waals surface area contributed by atoms with Crippen molar-refractivity contribution in [2.45, 2.75) is 20.4 Å². The molecule has 140 valence electrons. The minimum absolute atomic E-state index is 0.266. The first-order valence-electron chi connectivity index (χ1n) is 8.28. The Kier molecular flexibility index (Phi) is 6.26. The number of sulfonamides is 1. The molecule has 2 aromatic rings. The van der Waals surface area contributed by atoms with E-state index in [2.05, 4.69) is 5.32 Å². The Morgan fingerprint density at radius 1 is 1.15 bits per heavy atom. The van der Waals surface area contributed by atoms with Crippen molar-refractivity contribution in [1.29, 1.82) is 0 Å².